The number of hydrogen-bond acceptors (Lipinski definition) is 3. The Morgan fingerprint density at radius 2 is 1.60 bits per heavy atom. The third-order valence-electron chi connectivity index (χ3n) is 3.87. The van der Waals surface area contributed by atoms with Crippen molar-refractivity contribution in [2.75, 3.05) is 7.11 Å². The average Bonchev–Trinajstić information content (AvgIpc) is 2.67. The minimum atomic E-state index is -1.01. The summed E-state index contributed by atoms with van der Waals surface area (Å²) in [6, 6.07) is 22.7. The molecule has 0 aliphatic rings. The number of methoxy groups -OCH3 is 1. The predicted molar refractivity (Wildman–Crippen MR) is 96.2 cm³/mol. The van der Waals surface area contributed by atoms with Crippen LogP contribution in [0.3, 0.4) is 0 Å². The standard InChI is InChI=1S/C21H18O4/c1-24-20-13-17(9-12-19(20)21(22)23)16-7-10-18(11-8-16)25-14-15-5-3-2-4-6-15/h2-13H,14H2,1H3,(H,22,23). The first-order chi connectivity index (χ1) is 12.2. The van der Waals surface area contributed by atoms with Crippen molar-refractivity contribution in [3.05, 3.63) is 83.9 Å². The van der Waals surface area contributed by atoms with Gasteiger partial charge in [0, 0.05) is 0 Å². The zero-order valence-corrected chi connectivity index (χ0v) is 13.8. The molecule has 25 heavy (non-hydrogen) atoms. The van der Waals surface area contributed by atoms with E-state index in [2.05, 4.69) is 0 Å². The molecule has 3 aromatic rings. The lowest BCUT2D eigenvalue weighted by Crippen LogP contribution is -2.00. The molecule has 0 aliphatic carbocycles. The van der Waals surface area contributed by atoms with E-state index in [4.69, 9.17) is 14.6 Å². The molecule has 4 heteroatoms. The average molecular weight is 334 g/mol. The first-order valence-electron chi connectivity index (χ1n) is 7.86. The van der Waals surface area contributed by atoms with Crippen LogP contribution in [0.2, 0.25) is 0 Å². The molecule has 3 aromatic carbocycles. The Morgan fingerprint density at radius 3 is 2.24 bits per heavy atom. The second-order valence-electron chi connectivity index (χ2n) is 5.52. The minimum absolute atomic E-state index is 0.147. The van der Waals surface area contributed by atoms with Crippen LogP contribution in [0.15, 0.2) is 72.8 Å². The van der Waals surface area contributed by atoms with E-state index in [1.807, 2.05) is 54.6 Å². The Labute approximate surface area is 146 Å². The Bertz CT molecular complexity index is 855. The lowest BCUT2D eigenvalue weighted by atomic mass is 10.0. The predicted octanol–water partition coefficient (Wildman–Crippen LogP) is 4.64. The van der Waals surface area contributed by atoms with E-state index in [9.17, 15) is 4.79 Å². The van der Waals surface area contributed by atoms with Gasteiger partial charge >= 0.3 is 5.97 Å². The molecule has 0 saturated carbocycles. The first kappa shape index (κ1) is 16.6. The van der Waals surface area contributed by atoms with Crippen molar-refractivity contribution in [2.24, 2.45) is 0 Å². The molecule has 1 N–H and O–H groups in total. The first-order valence-corrected chi connectivity index (χ1v) is 7.86. The molecular formula is C21H18O4. The molecule has 3 rings (SSSR count). The number of carboxylic acid groups (broad SMARTS) is 1. The highest BCUT2D eigenvalue weighted by molar-refractivity contribution is 5.92. The molecule has 126 valence electrons. The summed E-state index contributed by atoms with van der Waals surface area (Å²) < 4.78 is 11.0. The zero-order valence-electron chi connectivity index (χ0n) is 13.8. The quantitative estimate of drug-likeness (QED) is 0.713. The van der Waals surface area contributed by atoms with Crippen LogP contribution in [0.1, 0.15) is 15.9 Å². The fourth-order valence-electron chi connectivity index (χ4n) is 2.53. The summed E-state index contributed by atoms with van der Waals surface area (Å²) in [5, 5.41) is 9.15. The molecule has 0 atom stereocenters. The van der Waals surface area contributed by atoms with Gasteiger partial charge in [-0.05, 0) is 41.0 Å². The highest BCUT2D eigenvalue weighted by Crippen LogP contribution is 2.28. The highest BCUT2D eigenvalue weighted by atomic mass is 16.5. The summed E-state index contributed by atoms with van der Waals surface area (Å²) >= 11 is 0. The van der Waals surface area contributed by atoms with Crippen LogP contribution in [-0.2, 0) is 6.61 Å². The summed E-state index contributed by atoms with van der Waals surface area (Å²) in [4.78, 5) is 11.2. The summed E-state index contributed by atoms with van der Waals surface area (Å²) in [6.45, 7) is 0.515. The lowest BCUT2D eigenvalue weighted by molar-refractivity contribution is 0.0693. The van der Waals surface area contributed by atoms with Crippen molar-refractivity contribution in [3.63, 3.8) is 0 Å². The monoisotopic (exact) mass is 334 g/mol. The Hall–Kier alpha value is -3.27. The third-order valence-corrected chi connectivity index (χ3v) is 3.87. The fraction of sp³-hybridized carbons (Fsp3) is 0.0952. The molecule has 0 bridgehead atoms. The molecule has 0 aliphatic heterocycles. The molecule has 0 fully saturated rings. The van der Waals surface area contributed by atoms with Gasteiger partial charge in [-0.25, -0.2) is 4.79 Å². The molecule has 0 aromatic heterocycles. The highest BCUT2D eigenvalue weighted by Gasteiger charge is 2.12. The van der Waals surface area contributed by atoms with Gasteiger partial charge in [-0.1, -0.05) is 48.5 Å². The molecule has 0 saturated heterocycles. The Morgan fingerprint density at radius 1 is 0.920 bits per heavy atom. The van der Waals surface area contributed by atoms with E-state index < -0.39 is 5.97 Å². The lowest BCUT2D eigenvalue weighted by Gasteiger charge is -2.10. The molecular weight excluding hydrogens is 316 g/mol. The second kappa shape index (κ2) is 7.53. The van der Waals surface area contributed by atoms with Crippen molar-refractivity contribution < 1.29 is 19.4 Å². The smallest absolute Gasteiger partial charge is 0.339 e. The maximum absolute atomic E-state index is 11.2. The molecule has 0 spiro atoms. The van der Waals surface area contributed by atoms with Gasteiger partial charge in [0.1, 0.15) is 23.7 Å². The second-order valence-corrected chi connectivity index (χ2v) is 5.52. The maximum Gasteiger partial charge on any atom is 0.339 e. The number of aromatic carboxylic acids is 1. The molecule has 0 heterocycles. The van der Waals surface area contributed by atoms with Crippen molar-refractivity contribution in [2.45, 2.75) is 6.61 Å². The van der Waals surface area contributed by atoms with E-state index in [-0.39, 0.29) is 5.56 Å². The Balaban J connectivity index is 1.75. The molecule has 4 nitrogen and oxygen atoms in total. The van der Waals surface area contributed by atoms with Crippen molar-refractivity contribution in [1.82, 2.24) is 0 Å². The minimum Gasteiger partial charge on any atom is -0.496 e. The van der Waals surface area contributed by atoms with Crippen LogP contribution in [0.4, 0.5) is 0 Å². The van der Waals surface area contributed by atoms with E-state index in [0.29, 0.717) is 12.4 Å². The van der Waals surface area contributed by atoms with Gasteiger partial charge in [0.25, 0.3) is 0 Å². The van der Waals surface area contributed by atoms with Gasteiger partial charge in [0.2, 0.25) is 0 Å². The van der Waals surface area contributed by atoms with Crippen LogP contribution in [0.5, 0.6) is 11.5 Å². The maximum atomic E-state index is 11.2. The van der Waals surface area contributed by atoms with Crippen molar-refractivity contribution >= 4 is 5.97 Å². The van der Waals surface area contributed by atoms with E-state index in [1.165, 1.54) is 7.11 Å². The van der Waals surface area contributed by atoms with Gasteiger partial charge in [0.15, 0.2) is 0 Å². The fourth-order valence-corrected chi connectivity index (χ4v) is 2.53. The molecule has 0 radical (unpaired) electrons. The number of benzene rings is 3. The summed E-state index contributed by atoms with van der Waals surface area (Å²) in [5.74, 6) is 0.115. The normalized spacial score (nSPS) is 10.3. The van der Waals surface area contributed by atoms with E-state index in [1.54, 1.807) is 18.2 Å². The number of carbonyl (C=O) groups is 1. The molecule has 0 amide bonds. The summed E-state index contributed by atoms with van der Waals surface area (Å²) in [6.07, 6.45) is 0. The third kappa shape index (κ3) is 3.98. The summed E-state index contributed by atoms with van der Waals surface area (Å²) in [5.41, 5.74) is 3.10. The number of rotatable bonds is 6. The van der Waals surface area contributed by atoms with Crippen LogP contribution >= 0.6 is 0 Å². The van der Waals surface area contributed by atoms with Crippen molar-refractivity contribution in [3.8, 4) is 22.6 Å². The van der Waals surface area contributed by atoms with Crippen LogP contribution < -0.4 is 9.47 Å². The summed E-state index contributed by atoms with van der Waals surface area (Å²) in [7, 11) is 1.46. The van der Waals surface area contributed by atoms with Gasteiger partial charge in [-0.3, -0.25) is 0 Å². The number of carboxylic acids is 1. The van der Waals surface area contributed by atoms with E-state index >= 15 is 0 Å². The van der Waals surface area contributed by atoms with Gasteiger partial charge in [-0.15, -0.1) is 0 Å². The largest absolute Gasteiger partial charge is 0.496 e. The SMILES string of the molecule is COc1cc(-c2ccc(OCc3ccccc3)cc2)ccc1C(=O)O. The van der Waals surface area contributed by atoms with E-state index in [0.717, 1.165) is 22.4 Å². The van der Waals surface area contributed by atoms with Crippen molar-refractivity contribution in [1.29, 1.82) is 0 Å². The van der Waals surface area contributed by atoms with Crippen LogP contribution in [0.25, 0.3) is 11.1 Å². The van der Waals surface area contributed by atoms with Gasteiger partial charge in [0.05, 0.1) is 7.11 Å². The van der Waals surface area contributed by atoms with Gasteiger partial charge in [-0.2, -0.15) is 0 Å². The number of hydrogen-bond donors (Lipinski definition) is 1. The molecule has 0 unspecified atom stereocenters. The van der Waals surface area contributed by atoms with Crippen LogP contribution in [0, 0.1) is 0 Å². The Kier molecular flexibility index (Phi) is 5.00. The topological polar surface area (TPSA) is 55.8 Å². The van der Waals surface area contributed by atoms with Crippen LogP contribution in [-0.4, -0.2) is 18.2 Å². The number of ether oxygens (including phenoxy) is 2. The zero-order chi connectivity index (χ0) is 17.6. The van der Waals surface area contributed by atoms with Gasteiger partial charge < -0.3 is 14.6 Å².